The molecule has 1 heteroatoms. The van der Waals surface area contributed by atoms with Crippen molar-refractivity contribution in [2.45, 2.75) is 40.5 Å². The van der Waals surface area contributed by atoms with Crippen molar-refractivity contribution in [2.75, 3.05) is 0 Å². The molecule has 0 saturated carbocycles. The number of rotatable bonds is 0. The summed E-state index contributed by atoms with van der Waals surface area (Å²) in [6, 6.07) is 2.23. The van der Waals surface area contributed by atoms with Crippen molar-refractivity contribution < 1.29 is 0 Å². The number of nitriles is 1. The normalized spacial score (nSPS) is 24.7. The van der Waals surface area contributed by atoms with E-state index in [2.05, 4.69) is 32.9 Å². The van der Waals surface area contributed by atoms with E-state index in [-0.39, 0.29) is 0 Å². The van der Waals surface area contributed by atoms with Crippen LogP contribution in [-0.4, -0.2) is 0 Å². The molecule has 0 radical (unpaired) electrons. The summed E-state index contributed by atoms with van der Waals surface area (Å²) in [5.41, 5.74) is 3.80. The van der Waals surface area contributed by atoms with Gasteiger partial charge in [0.15, 0.2) is 0 Å². The lowest BCUT2D eigenvalue weighted by atomic mass is 9.75. The summed E-state index contributed by atoms with van der Waals surface area (Å²) in [4.78, 5) is 0. The van der Waals surface area contributed by atoms with E-state index in [4.69, 9.17) is 5.26 Å². The highest BCUT2D eigenvalue weighted by atomic mass is 14.3. The van der Waals surface area contributed by atoms with E-state index >= 15 is 0 Å². The van der Waals surface area contributed by atoms with Crippen LogP contribution in [0, 0.1) is 16.7 Å². The van der Waals surface area contributed by atoms with Gasteiger partial charge in [0.05, 0.1) is 6.07 Å². The molecule has 0 aromatic heterocycles. The first-order chi connectivity index (χ1) is 5.94. The van der Waals surface area contributed by atoms with Crippen molar-refractivity contribution >= 4 is 0 Å². The van der Waals surface area contributed by atoms with E-state index < -0.39 is 0 Å². The zero-order valence-electron chi connectivity index (χ0n) is 8.94. The second-order valence-corrected chi connectivity index (χ2v) is 4.77. The lowest BCUT2D eigenvalue weighted by Gasteiger charge is -2.30. The molecule has 0 fully saturated rings. The third-order valence-electron chi connectivity index (χ3n) is 2.50. The molecule has 0 aliphatic heterocycles. The summed E-state index contributed by atoms with van der Waals surface area (Å²) in [5.74, 6) is 0. The third-order valence-corrected chi connectivity index (χ3v) is 2.50. The Morgan fingerprint density at radius 3 is 2.54 bits per heavy atom. The first kappa shape index (κ1) is 10.1. The fraction of sp³-hybridized carbons (Fsp3) is 0.583. The van der Waals surface area contributed by atoms with Crippen LogP contribution in [0.3, 0.4) is 0 Å². The minimum absolute atomic E-state index is 0.326. The average Bonchev–Trinajstić information content (AvgIpc) is 1.99. The van der Waals surface area contributed by atoms with Crippen LogP contribution in [0.1, 0.15) is 40.5 Å². The maximum atomic E-state index is 8.81. The lowest BCUT2D eigenvalue weighted by Crippen LogP contribution is -2.16. The molecule has 70 valence electrons. The molecule has 0 atom stereocenters. The molecule has 0 heterocycles. The predicted octanol–water partition coefficient (Wildman–Crippen LogP) is 3.59. The first-order valence-corrected chi connectivity index (χ1v) is 4.72. The van der Waals surface area contributed by atoms with Gasteiger partial charge >= 0.3 is 0 Å². The summed E-state index contributed by atoms with van der Waals surface area (Å²) < 4.78 is 0. The molecular weight excluding hydrogens is 158 g/mol. The Balaban J connectivity index is 3.06. The van der Waals surface area contributed by atoms with Gasteiger partial charge in [-0.25, -0.2) is 0 Å². The summed E-state index contributed by atoms with van der Waals surface area (Å²) in [7, 11) is 0. The largest absolute Gasteiger partial charge is 0.193 e. The Hall–Kier alpha value is -1.03. The molecule has 0 N–H and O–H groups in total. The van der Waals surface area contributed by atoms with Crippen LogP contribution in [0.15, 0.2) is 22.8 Å². The molecule has 0 unspecified atom stereocenters. The quantitative estimate of drug-likeness (QED) is 0.516. The van der Waals surface area contributed by atoms with Gasteiger partial charge < -0.3 is 0 Å². The Bertz CT molecular complexity index is 311. The minimum atomic E-state index is 0.326. The van der Waals surface area contributed by atoms with Gasteiger partial charge in [-0.1, -0.05) is 25.5 Å². The molecule has 1 rings (SSSR count). The molecule has 0 bridgehead atoms. The van der Waals surface area contributed by atoms with Gasteiger partial charge in [0, 0.05) is 5.57 Å². The number of nitrogens with zero attached hydrogens (tertiary/aromatic N) is 1. The Labute approximate surface area is 80.8 Å². The van der Waals surface area contributed by atoms with E-state index in [9.17, 15) is 0 Å². The van der Waals surface area contributed by atoms with Gasteiger partial charge in [-0.05, 0) is 37.7 Å². The standard InChI is InChI=1S/C12H17N/c1-9-5-11(10(2)8-13)7-12(3,4)6-9/h5H,6-7H2,1-4H3/b11-10+. The molecule has 0 saturated heterocycles. The summed E-state index contributed by atoms with van der Waals surface area (Å²) in [6.45, 7) is 8.56. The van der Waals surface area contributed by atoms with Gasteiger partial charge in [-0.2, -0.15) is 5.26 Å². The summed E-state index contributed by atoms with van der Waals surface area (Å²) in [5, 5.41) is 8.81. The Morgan fingerprint density at radius 1 is 1.46 bits per heavy atom. The van der Waals surface area contributed by atoms with Crippen LogP contribution < -0.4 is 0 Å². The average molecular weight is 175 g/mol. The van der Waals surface area contributed by atoms with E-state index in [1.165, 1.54) is 11.1 Å². The molecule has 0 amide bonds. The van der Waals surface area contributed by atoms with E-state index in [1.807, 2.05) is 6.92 Å². The van der Waals surface area contributed by atoms with Crippen molar-refractivity contribution in [1.29, 1.82) is 5.26 Å². The number of allylic oxidation sites excluding steroid dienone is 4. The third kappa shape index (κ3) is 2.45. The zero-order valence-corrected chi connectivity index (χ0v) is 8.94. The summed E-state index contributed by atoms with van der Waals surface area (Å²) in [6.07, 6.45) is 4.35. The highest BCUT2D eigenvalue weighted by Crippen LogP contribution is 2.38. The number of hydrogen-bond acceptors (Lipinski definition) is 1. The van der Waals surface area contributed by atoms with Crippen LogP contribution in [0.4, 0.5) is 0 Å². The maximum absolute atomic E-state index is 8.81. The molecule has 1 nitrogen and oxygen atoms in total. The molecule has 0 aromatic carbocycles. The second kappa shape index (κ2) is 3.38. The lowest BCUT2D eigenvalue weighted by molar-refractivity contribution is 0.351. The molecule has 1 aliphatic rings. The first-order valence-electron chi connectivity index (χ1n) is 4.72. The molecule has 0 spiro atoms. The van der Waals surface area contributed by atoms with Gasteiger partial charge in [0.2, 0.25) is 0 Å². The van der Waals surface area contributed by atoms with E-state index in [0.29, 0.717) is 5.41 Å². The van der Waals surface area contributed by atoms with Gasteiger partial charge in [0.25, 0.3) is 0 Å². The zero-order chi connectivity index (χ0) is 10.1. The Kier molecular flexibility index (Phi) is 2.61. The number of hydrogen-bond donors (Lipinski definition) is 0. The van der Waals surface area contributed by atoms with Gasteiger partial charge in [-0.3, -0.25) is 0 Å². The smallest absolute Gasteiger partial charge is 0.0946 e. The van der Waals surface area contributed by atoms with Crippen LogP contribution in [0.25, 0.3) is 0 Å². The summed E-state index contributed by atoms with van der Waals surface area (Å²) >= 11 is 0. The molecule has 0 aromatic rings. The Morgan fingerprint density at radius 2 is 2.08 bits per heavy atom. The topological polar surface area (TPSA) is 23.8 Å². The molecular formula is C12H17N. The fourth-order valence-electron chi connectivity index (χ4n) is 2.05. The second-order valence-electron chi connectivity index (χ2n) is 4.77. The van der Waals surface area contributed by atoms with Crippen molar-refractivity contribution in [3.05, 3.63) is 22.8 Å². The maximum Gasteiger partial charge on any atom is 0.0946 e. The van der Waals surface area contributed by atoms with Gasteiger partial charge in [0.1, 0.15) is 0 Å². The SMILES string of the molecule is CC1=C/C(=C(/C)C#N)CC(C)(C)C1. The van der Waals surface area contributed by atoms with Crippen molar-refractivity contribution in [3.63, 3.8) is 0 Å². The van der Waals surface area contributed by atoms with Crippen molar-refractivity contribution in [3.8, 4) is 6.07 Å². The predicted molar refractivity (Wildman–Crippen MR) is 55.1 cm³/mol. The molecule has 13 heavy (non-hydrogen) atoms. The van der Waals surface area contributed by atoms with Crippen LogP contribution >= 0.6 is 0 Å². The monoisotopic (exact) mass is 175 g/mol. The van der Waals surface area contributed by atoms with E-state index in [1.54, 1.807) is 0 Å². The van der Waals surface area contributed by atoms with Crippen molar-refractivity contribution in [2.24, 2.45) is 5.41 Å². The van der Waals surface area contributed by atoms with Crippen LogP contribution in [-0.2, 0) is 0 Å². The van der Waals surface area contributed by atoms with E-state index in [0.717, 1.165) is 18.4 Å². The minimum Gasteiger partial charge on any atom is -0.193 e. The van der Waals surface area contributed by atoms with Crippen LogP contribution in [0.5, 0.6) is 0 Å². The van der Waals surface area contributed by atoms with Crippen molar-refractivity contribution in [1.82, 2.24) is 0 Å². The highest BCUT2D eigenvalue weighted by molar-refractivity contribution is 5.38. The molecule has 1 aliphatic carbocycles. The fourth-order valence-corrected chi connectivity index (χ4v) is 2.05. The highest BCUT2D eigenvalue weighted by Gasteiger charge is 2.24. The van der Waals surface area contributed by atoms with Gasteiger partial charge in [-0.15, -0.1) is 0 Å². The van der Waals surface area contributed by atoms with Crippen LogP contribution in [0.2, 0.25) is 0 Å².